The Morgan fingerprint density at radius 2 is 1.52 bits per heavy atom. The maximum atomic E-state index is 12.7. The van der Waals surface area contributed by atoms with Crippen molar-refractivity contribution in [3.05, 3.63) is 100 Å². The van der Waals surface area contributed by atoms with Crippen molar-refractivity contribution >= 4 is 29.3 Å². The van der Waals surface area contributed by atoms with Crippen molar-refractivity contribution in [2.24, 2.45) is 0 Å². The van der Waals surface area contributed by atoms with Crippen LogP contribution in [0.4, 0.5) is 11.4 Å². The van der Waals surface area contributed by atoms with Crippen LogP contribution in [-0.2, 0) is 4.79 Å². The van der Waals surface area contributed by atoms with Gasteiger partial charge in [0, 0.05) is 16.9 Å². The quantitative estimate of drug-likeness (QED) is 0.437. The van der Waals surface area contributed by atoms with E-state index in [-0.39, 0.29) is 11.5 Å². The predicted molar refractivity (Wildman–Crippen MR) is 124 cm³/mol. The van der Waals surface area contributed by atoms with Gasteiger partial charge >= 0.3 is 0 Å². The first-order chi connectivity index (χ1) is 14.9. The van der Waals surface area contributed by atoms with Gasteiger partial charge in [-0.15, -0.1) is 0 Å². The fourth-order valence-electron chi connectivity index (χ4n) is 3.12. The number of carbonyl (C=O) groups excluding carboxylic acids is 2. The van der Waals surface area contributed by atoms with E-state index in [4.69, 9.17) is 0 Å². The van der Waals surface area contributed by atoms with Crippen LogP contribution in [0.1, 0.15) is 32.6 Å². The first kappa shape index (κ1) is 21.5. The molecule has 5 heteroatoms. The van der Waals surface area contributed by atoms with Gasteiger partial charge in [0.1, 0.15) is 11.6 Å². The number of amides is 2. The molecule has 0 saturated heterocycles. The van der Waals surface area contributed by atoms with Crippen LogP contribution >= 0.6 is 0 Å². The highest BCUT2D eigenvalue weighted by atomic mass is 16.2. The van der Waals surface area contributed by atoms with Gasteiger partial charge in [-0.05, 0) is 67.8 Å². The number of nitrogens with one attached hydrogen (secondary N) is 2. The molecule has 154 valence electrons. The van der Waals surface area contributed by atoms with Gasteiger partial charge in [-0.3, -0.25) is 9.59 Å². The molecule has 3 aromatic carbocycles. The molecule has 2 N–H and O–H groups in total. The van der Waals surface area contributed by atoms with E-state index < -0.39 is 5.91 Å². The van der Waals surface area contributed by atoms with Gasteiger partial charge in [-0.2, -0.15) is 5.26 Å². The molecular weight excluding hydrogens is 386 g/mol. The van der Waals surface area contributed by atoms with Crippen molar-refractivity contribution in [3.8, 4) is 6.07 Å². The summed E-state index contributed by atoms with van der Waals surface area (Å²) in [7, 11) is 0. The molecule has 5 nitrogen and oxygen atoms in total. The largest absolute Gasteiger partial charge is 0.322 e. The zero-order valence-electron chi connectivity index (χ0n) is 17.7. The van der Waals surface area contributed by atoms with E-state index in [2.05, 4.69) is 10.6 Å². The zero-order valence-corrected chi connectivity index (χ0v) is 17.7. The number of hydrogen-bond acceptors (Lipinski definition) is 3. The SMILES string of the molecule is Cc1ccc(C(=O)Nc2cccc(/C=C(\C#N)C(=O)Nc3c(C)cccc3C)c2)cc1. The standard InChI is InChI=1S/C26H23N3O2/c1-17-10-12-21(13-11-17)25(30)28-23-9-5-8-20(15-23)14-22(16-27)26(31)29-24-18(2)6-4-7-19(24)3/h4-15H,1-3H3,(H,28,30)(H,29,31)/b22-14+. The lowest BCUT2D eigenvalue weighted by Crippen LogP contribution is -2.15. The molecule has 2 amide bonds. The number of carbonyl (C=O) groups is 2. The summed E-state index contributed by atoms with van der Waals surface area (Å²) in [6, 6.07) is 22.0. The number of rotatable bonds is 5. The number of benzene rings is 3. The Hall–Kier alpha value is -4.17. The molecule has 0 aliphatic rings. The van der Waals surface area contributed by atoms with Crippen molar-refractivity contribution < 1.29 is 9.59 Å². The molecule has 0 radical (unpaired) electrons. The summed E-state index contributed by atoms with van der Waals surface area (Å²) >= 11 is 0. The highest BCUT2D eigenvalue weighted by molar-refractivity contribution is 6.10. The van der Waals surface area contributed by atoms with Gasteiger partial charge in [0.15, 0.2) is 0 Å². The zero-order chi connectivity index (χ0) is 22.4. The van der Waals surface area contributed by atoms with E-state index in [1.807, 2.05) is 57.2 Å². The number of hydrogen-bond donors (Lipinski definition) is 2. The van der Waals surface area contributed by atoms with E-state index in [0.29, 0.717) is 22.5 Å². The molecule has 0 fully saturated rings. The lowest BCUT2D eigenvalue weighted by atomic mass is 10.1. The van der Waals surface area contributed by atoms with Crippen LogP contribution in [0.2, 0.25) is 0 Å². The number of anilines is 2. The molecule has 0 unspecified atom stereocenters. The van der Waals surface area contributed by atoms with E-state index in [9.17, 15) is 14.9 Å². The van der Waals surface area contributed by atoms with Crippen LogP contribution in [0.15, 0.2) is 72.3 Å². The molecule has 0 aromatic heterocycles. The lowest BCUT2D eigenvalue weighted by Gasteiger charge is -2.11. The Kier molecular flexibility index (Phi) is 6.64. The molecule has 0 aliphatic carbocycles. The summed E-state index contributed by atoms with van der Waals surface area (Å²) in [5, 5.41) is 15.2. The molecule has 0 bridgehead atoms. The Bertz CT molecular complexity index is 1180. The third kappa shape index (κ3) is 5.46. The Balaban J connectivity index is 1.78. The predicted octanol–water partition coefficient (Wildman–Crippen LogP) is 5.41. The van der Waals surface area contributed by atoms with Crippen LogP contribution in [-0.4, -0.2) is 11.8 Å². The van der Waals surface area contributed by atoms with Crippen LogP contribution in [0, 0.1) is 32.1 Å². The minimum atomic E-state index is -0.478. The minimum absolute atomic E-state index is 0.0235. The summed E-state index contributed by atoms with van der Waals surface area (Å²) in [5.41, 5.74) is 5.36. The first-order valence-electron chi connectivity index (χ1n) is 9.85. The van der Waals surface area contributed by atoms with Gasteiger partial charge < -0.3 is 10.6 Å². The minimum Gasteiger partial charge on any atom is -0.322 e. The van der Waals surface area contributed by atoms with E-state index in [1.54, 1.807) is 36.4 Å². The van der Waals surface area contributed by atoms with Crippen LogP contribution in [0.5, 0.6) is 0 Å². The molecular formula is C26H23N3O2. The summed E-state index contributed by atoms with van der Waals surface area (Å²) in [4.78, 5) is 25.1. The molecule has 0 aliphatic heterocycles. The summed E-state index contributed by atoms with van der Waals surface area (Å²) in [5.74, 6) is -0.705. The molecule has 0 heterocycles. The molecule has 3 rings (SSSR count). The Labute approximate surface area is 182 Å². The molecule has 3 aromatic rings. The normalized spacial score (nSPS) is 10.8. The smallest absolute Gasteiger partial charge is 0.266 e. The number of nitriles is 1. The highest BCUT2D eigenvalue weighted by Gasteiger charge is 2.13. The van der Waals surface area contributed by atoms with Crippen molar-refractivity contribution in [2.45, 2.75) is 20.8 Å². The van der Waals surface area contributed by atoms with Gasteiger partial charge in [-0.25, -0.2) is 0 Å². The molecule has 0 atom stereocenters. The Morgan fingerprint density at radius 3 is 2.16 bits per heavy atom. The fourth-order valence-corrected chi connectivity index (χ4v) is 3.12. The van der Waals surface area contributed by atoms with E-state index in [1.165, 1.54) is 6.08 Å². The van der Waals surface area contributed by atoms with Crippen molar-refractivity contribution in [3.63, 3.8) is 0 Å². The van der Waals surface area contributed by atoms with Crippen LogP contribution in [0.25, 0.3) is 6.08 Å². The van der Waals surface area contributed by atoms with E-state index in [0.717, 1.165) is 16.7 Å². The van der Waals surface area contributed by atoms with Gasteiger partial charge in [0.25, 0.3) is 11.8 Å². The second-order valence-electron chi connectivity index (χ2n) is 7.34. The average Bonchev–Trinajstić information content (AvgIpc) is 2.75. The maximum Gasteiger partial charge on any atom is 0.266 e. The molecule has 31 heavy (non-hydrogen) atoms. The molecule has 0 saturated carbocycles. The first-order valence-corrected chi connectivity index (χ1v) is 9.85. The van der Waals surface area contributed by atoms with E-state index >= 15 is 0 Å². The maximum absolute atomic E-state index is 12.7. The lowest BCUT2D eigenvalue weighted by molar-refractivity contribution is -0.112. The average molecular weight is 409 g/mol. The number of aryl methyl sites for hydroxylation is 3. The third-order valence-corrected chi connectivity index (χ3v) is 4.85. The Morgan fingerprint density at radius 1 is 0.871 bits per heavy atom. The molecule has 0 spiro atoms. The number of nitrogens with zero attached hydrogens (tertiary/aromatic N) is 1. The highest BCUT2D eigenvalue weighted by Crippen LogP contribution is 2.21. The number of para-hydroxylation sites is 1. The second-order valence-corrected chi connectivity index (χ2v) is 7.34. The fraction of sp³-hybridized carbons (Fsp3) is 0.115. The van der Waals surface area contributed by atoms with Crippen molar-refractivity contribution in [2.75, 3.05) is 10.6 Å². The topological polar surface area (TPSA) is 82.0 Å². The summed E-state index contributed by atoms with van der Waals surface area (Å²) < 4.78 is 0. The monoisotopic (exact) mass is 409 g/mol. The third-order valence-electron chi connectivity index (χ3n) is 4.85. The van der Waals surface area contributed by atoms with Crippen LogP contribution < -0.4 is 10.6 Å². The van der Waals surface area contributed by atoms with Gasteiger partial charge in [0.2, 0.25) is 0 Å². The summed E-state index contributed by atoms with van der Waals surface area (Å²) in [6.07, 6.45) is 1.50. The van der Waals surface area contributed by atoms with Gasteiger partial charge in [0.05, 0.1) is 0 Å². The van der Waals surface area contributed by atoms with Gasteiger partial charge in [-0.1, -0.05) is 48.0 Å². The second kappa shape index (κ2) is 9.55. The van der Waals surface area contributed by atoms with Crippen molar-refractivity contribution in [1.29, 1.82) is 5.26 Å². The summed E-state index contributed by atoms with van der Waals surface area (Å²) in [6.45, 7) is 5.76. The van der Waals surface area contributed by atoms with Crippen LogP contribution in [0.3, 0.4) is 0 Å². The van der Waals surface area contributed by atoms with Crippen molar-refractivity contribution in [1.82, 2.24) is 0 Å².